The number of halogens is 3. The number of rotatable bonds is 3. The molecule has 0 bridgehead atoms. The summed E-state index contributed by atoms with van der Waals surface area (Å²) >= 11 is 5.82. The second kappa shape index (κ2) is 5.99. The molecule has 110 valence electrons. The van der Waals surface area contributed by atoms with Gasteiger partial charge >= 0.3 is 0 Å². The van der Waals surface area contributed by atoms with Gasteiger partial charge in [-0.15, -0.1) is 0 Å². The Morgan fingerprint density at radius 3 is 2.80 bits per heavy atom. The zero-order chi connectivity index (χ0) is 14.8. The number of hydrogen-bond acceptors (Lipinski definition) is 3. The predicted molar refractivity (Wildman–Crippen MR) is 70.3 cm³/mol. The van der Waals surface area contributed by atoms with E-state index in [4.69, 9.17) is 11.6 Å². The van der Waals surface area contributed by atoms with E-state index in [9.17, 15) is 13.6 Å². The van der Waals surface area contributed by atoms with Crippen molar-refractivity contribution in [3.05, 3.63) is 23.2 Å². The fraction of sp³-hybridized carbons (Fsp3) is 0.615. The highest BCUT2D eigenvalue weighted by atomic mass is 35.5. The topological polar surface area (TPSA) is 54.9 Å². The van der Waals surface area contributed by atoms with Crippen LogP contribution >= 0.6 is 11.6 Å². The van der Waals surface area contributed by atoms with Gasteiger partial charge in [-0.25, -0.2) is 13.8 Å². The Balaban J connectivity index is 1.93. The van der Waals surface area contributed by atoms with Crippen LogP contribution in [0.1, 0.15) is 31.9 Å². The molecule has 1 heterocycles. The van der Waals surface area contributed by atoms with Gasteiger partial charge < -0.3 is 5.32 Å². The van der Waals surface area contributed by atoms with E-state index in [1.54, 1.807) is 6.92 Å². The lowest BCUT2D eigenvalue weighted by Crippen LogP contribution is -2.39. The largest absolute Gasteiger partial charge is 0.350 e. The molecule has 0 aliphatic heterocycles. The highest BCUT2D eigenvalue weighted by Crippen LogP contribution is 2.39. The normalized spacial score (nSPS) is 25.2. The first-order valence-electron chi connectivity index (χ1n) is 6.48. The molecule has 2 atom stereocenters. The molecule has 0 aromatic carbocycles. The van der Waals surface area contributed by atoms with Crippen LogP contribution in [0, 0.1) is 11.8 Å². The van der Waals surface area contributed by atoms with Gasteiger partial charge in [-0.2, -0.15) is 0 Å². The van der Waals surface area contributed by atoms with Crippen molar-refractivity contribution >= 4 is 17.5 Å². The van der Waals surface area contributed by atoms with Crippen molar-refractivity contribution in [3.8, 4) is 0 Å². The van der Waals surface area contributed by atoms with E-state index >= 15 is 0 Å². The molecule has 1 amide bonds. The molecule has 7 heteroatoms. The van der Waals surface area contributed by atoms with Crippen molar-refractivity contribution in [2.45, 2.75) is 38.7 Å². The number of nitrogens with one attached hydrogen (secondary N) is 1. The molecule has 1 aliphatic rings. The number of nitrogens with zero attached hydrogens (tertiary/aromatic N) is 2. The predicted octanol–water partition coefficient (Wildman–Crippen LogP) is 2.82. The number of hydrogen-bond donors (Lipinski definition) is 1. The van der Waals surface area contributed by atoms with E-state index in [1.165, 1.54) is 12.4 Å². The first-order valence-corrected chi connectivity index (χ1v) is 6.86. The monoisotopic (exact) mass is 303 g/mol. The Morgan fingerprint density at radius 2 is 2.15 bits per heavy atom. The molecule has 1 aliphatic carbocycles. The molecule has 20 heavy (non-hydrogen) atoms. The maximum absolute atomic E-state index is 13.5. The molecular weight excluding hydrogens is 288 g/mol. The van der Waals surface area contributed by atoms with Crippen molar-refractivity contribution in [3.63, 3.8) is 0 Å². The summed E-state index contributed by atoms with van der Waals surface area (Å²) in [5.41, 5.74) is 0.429. The molecule has 0 saturated heterocycles. The molecule has 1 saturated carbocycles. The smallest absolute Gasteiger partial charge is 0.249 e. The van der Waals surface area contributed by atoms with Gasteiger partial charge in [0.15, 0.2) is 5.15 Å². The molecule has 1 aromatic rings. The fourth-order valence-corrected chi connectivity index (χ4v) is 2.76. The first kappa shape index (κ1) is 15.1. The molecule has 1 fully saturated rings. The van der Waals surface area contributed by atoms with Gasteiger partial charge in [0.05, 0.1) is 12.2 Å². The second-order valence-corrected chi connectivity index (χ2v) is 5.67. The maximum atomic E-state index is 13.5. The Kier molecular flexibility index (Phi) is 4.52. The van der Waals surface area contributed by atoms with Crippen molar-refractivity contribution < 1.29 is 13.6 Å². The average molecular weight is 304 g/mol. The second-order valence-electron chi connectivity index (χ2n) is 5.31. The SMILES string of the molecule is CC1CC(C(=O)NCc2nccnc2Cl)CC(F)(F)C1. The van der Waals surface area contributed by atoms with Crippen LogP contribution in [-0.2, 0) is 11.3 Å². The van der Waals surface area contributed by atoms with Crippen LogP contribution in [-0.4, -0.2) is 21.8 Å². The van der Waals surface area contributed by atoms with Crippen molar-refractivity contribution in [2.75, 3.05) is 0 Å². The summed E-state index contributed by atoms with van der Waals surface area (Å²) in [5.74, 6) is -3.96. The Morgan fingerprint density at radius 1 is 1.45 bits per heavy atom. The highest BCUT2D eigenvalue weighted by Gasteiger charge is 2.42. The molecule has 1 aromatic heterocycles. The molecule has 2 unspecified atom stereocenters. The summed E-state index contributed by atoms with van der Waals surface area (Å²) in [6.07, 6.45) is 2.85. The van der Waals surface area contributed by atoms with Gasteiger partial charge in [-0.05, 0) is 12.3 Å². The Labute approximate surface area is 120 Å². The summed E-state index contributed by atoms with van der Waals surface area (Å²) in [7, 11) is 0. The molecule has 0 radical (unpaired) electrons. The van der Waals surface area contributed by atoms with Crippen molar-refractivity contribution in [1.82, 2.24) is 15.3 Å². The lowest BCUT2D eigenvalue weighted by molar-refractivity contribution is -0.134. The number of alkyl halides is 2. The lowest BCUT2D eigenvalue weighted by Gasteiger charge is -2.32. The molecule has 2 rings (SSSR count). The third kappa shape index (κ3) is 3.85. The van der Waals surface area contributed by atoms with Crippen molar-refractivity contribution in [2.24, 2.45) is 11.8 Å². The van der Waals surface area contributed by atoms with Crippen LogP contribution in [0.3, 0.4) is 0 Å². The standard InChI is InChI=1S/C13H16ClF2N3O/c1-8-4-9(6-13(15,16)5-8)12(20)19-7-10-11(14)18-3-2-17-10/h2-3,8-9H,4-7H2,1H3,(H,19,20). The summed E-state index contributed by atoms with van der Waals surface area (Å²) in [6, 6.07) is 0. The third-order valence-electron chi connectivity index (χ3n) is 3.40. The van der Waals surface area contributed by atoms with E-state index in [-0.39, 0.29) is 29.9 Å². The van der Waals surface area contributed by atoms with Gasteiger partial charge in [-0.3, -0.25) is 9.78 Å². The molecule has 4 nitrogen and oxygen atoms in total. The van der Waals surface area contributed by atoms with E-state index in [1.807, 2.05) is 0 Å². The zero-order valence-electron chi connectivity index (χ0n) is 11.1. The van der Waals surface area contributed by atoms with Crippen LogP contribution in [0.2, 0.25) is 5.15 Å². The van der Waals surface area contributed by atoms with E-state index < -0.39 is 18.3 Å². The van der Waals surface area contributed by atoms with Gasteiger partial charge in [0.25, 0.3) is 0 Å². The lowest BCUT2D eigenvalue weighted by atomic mass is 9.79. The Bertz CT molecular complexity index is 498. The third-order valence-corrected chi connectivity index (χ3v) is 3.72. The van der Waals surface area contributed by atoms with Gasteiger partial charge in [0, 0.05) is 31.2 Å². The van der Waals surface area contributed by atoms with Gasteiger partial charge in [0.2, 0.25) is 11.8 Å². The summed E-state index contributed by atoms with van der Waals surface area (Å²) < 4.78 is 26.9. The number of carbonyl (C=O) groups excluding carboxylic acids is 1. The summed E-state index contributed by atoms with van der Waals surface area (Å²) in [5, 5.41) is 2.81. The zero-order valence-corrected chi connectivity index (χ0v) is 11.8. The average Bonchev–Trinajstić information content (AvgIpc) is 2.35. The number of carbonyl (C=O) groups is 1. The van der Waals surface area contributed by atoms with E-state index in [0.29, 0.717) is 12.1 Å². The van der Waals surface area contributed by atoms with Crippen LogP contribution in [0.5, 0.6) is 0 Å². The number of aromatic nitrogens is 2. The van der Waals surface area contributed by atoms with Crippen LogP contribution in [0.15, 0.2) is 12.4 Å². The molecule has 0 spiro atoms. The fourth-order valence-electron chi connectivity index (χ4n) is 2.59. The first-order chi connectivity index (χ1) is 9.37. The quantitative estimate of drug-likeness (QED) is 0.934. The summed E-state index contributed by atoms with van der Waals surface area (Å²) in [6.45, 7) is 1.84. The van der Waals surface area contributed by atoms with Crippen LogP contribution in [0.4, 0.5) is 8.78 Å². The highest BCUT2D eigenvalue weighted by molar-refractivity contribution is 6.29. The van der Waals surface area contributed by atoms with E-state index in [0.717, 1.165) is 0 Å². The van der Waals surface area contributed by atoms with Crippen molar-refractivity contribution in [1.29, 1.82) is 0 Å². The summed E-state index contributed by atoms with van der Waals surface area (Å²) in [4.78, 5) is 19.8. The maximum Gasteiger partial charge on any atom is 0.249 e. The van der Waals surface area contributed by atoms with Gasteiger partial charge in [-0.1, -0.05) is 18.5 Å². The van der Waals surface area contributed by atoms with Gasteiger partial charge in [0.1, 0.15) is 0 Å². The van der Waals surface area contributed by atoms with Crippen LogP contribution < -0.4 is 5.32 Å². The minimum atomic E-state index is -2.76. The molecular formula is C13H16ClF2N3O. The molecule has 1 N–H and O–H groups in total. The minimum absolute atomic E-state index is 0.0992. The number of amides is 1. The van der Waals surface area contributed by atoms with Crippen LogP contribution in [0.25, 0.3) is 0 Å². The minimum Gasteiger partial charge on any atom is -0.350 e. The Hall–Kier alpha value is -1.30. The van der Waals surface area contributed by atoms with E-state index in [2.05, 4.69) is 15.3 Å².